The van der Waals surface area contributed by atoms with Gasteiger partial charge < -0.3 is 28.3 Å². The number of aromatic nitrogens is 1. The number of amides is 1. The largest absolute Gasteiger partial charge is 0.485 e. The number of carbonyl (C=O) groups excluding carboxylic acids is 2. The summed E-state index contributed by atoms with van der Waals surface area (Å²) in [6.45, 7) is 0.524. The fraction of sp³-hybridized carbons (Fsp3) is 0.286. The summed E-state index contributed by atoms with van der Waals surface area (Å²) in [4.78, 5) is 29.3. The van der Waals surface area contributed by atoms with E-state index in [4.69, 9.17) is 23.7 Å². The van der Waals surface area contributed by atoms with Crippen molar-refractivity contribution in [2.75, 3.05) is 20.5 Å². The van der Waals surface area contributed by atoms with E-state index >= 15 is 0 Å². The van der Waals surface area contributed by atoms with Gasteiger partial charge in [0.05, 0.1) is 23.7 Å². The number of benzene rings is 2. The standard InChI is InChI=1S/C21H18N2O7S/c1-26-19(24)6-7-23-12-8-15-16(29-11-28-15)9-18(12)31-21(23)22-20(25)17-10-27-13-4-2-3-5-14(13)30-17/h2-5,8-9,17H,6-7,10-11H2,1H3. The maximum Gasteiger partial charge on any atom is 0.307 e. The van der Waals surface area contributed by atoms with E-state index < -0.39 is 12.0 Å². The molecule has 0 spiro atoms. The van der Waals surface area contributed by atoms with E-state index in [-0.39, 0.29) is 25.8 Å². The van der Waals surface area contributed by atoms with Crippen molar-refractivity contribution in [3.8, 4) is 23.0 Å². The zero-order valence-corrected chi connectivity index (χ0v) is 17.3. The maximum atomic E-state index is 12.9. The minimum atomic E-state index is -0.856. The van der Waals surface area contributed by atoms with Gasteiger partial charge in [-0.05, 0) is 12.1 Å². The van der Waals surface area contributed by atoms with Gasteiger partial charge in [-0.25, -0.2) is 0 Å². The molecule has 3 heterocycles. The van der Waals surface area contributed by atoms with Crippen molar-refractivity contribution in [2.45, 2.75) is 19.1 Å². The van der Waals surface area contributed by atoms with Crippen molar-refractivity contribution in [1.82, 2.24) is 4.57 Å². The van der Waals surface area contributed by atoms with Gasteiger partial charge >= 0.3 is 5.97 Å². The highest BCUT2D eigenvalue weighted by molar-refractivity contribution is 7.16. The topological polar surface area (TPSA) is 97.6 Å². The van der Waals surface area contributed by atoms with E-state index in [1.807, 2.05) is 24.3 Å². The number of hydrogen-bond acceptors (Lipinski definition) is 8. The zero-order chi connectivity index (χ0) is 21.4. The van der Waals surface area contributed by atoms with Gasteiger partial charge in [0.1, 0.15) is 6.61 Å². The average Bonchev–Trinajstić information content (AvgIpc) is 3.38. The Hall–Kier alpha value is -3.53. The van der Waals surface area contributed by atoms with Crippen molar-refractivity contribution < 1.29 is 33.3 Å². The van der Waals surface area contributed by atoms with Gasteiger partial charge in [0, 0.05) is 18.7 Å². The summed E-state index contributed by atoms with van der Waals surface area (Å²) in [5, 5.41) is 0. The molecule has 31 heavy (non-hydrogen) atoms. The minimum absolute atomic E-state index is 0.0718. The van der Waals surface area contributed by atoms with Crippen LogP contribution in [-0.2, 0) is 20.9 Å². The lowest BCUT2D eigenvalue weighted by Gasteiger charge is -2.23. The van der Waals surface area contributed by atoms with E-state index in [0.29, 0.717) is 34.3 Å². The number of aryl methyl sites for hydroxylation is 1. The van der Waals surface area contributed by atoms with E-state index in [1.165, 1.54) is 18.4 Å². The van der Waals surface area contributed by atoms with Gasteiger partial charge in [-0.1, -0.05) is 23.5 Å². The molecule has 0 saturated heterocycles. The smallest absolute Gasteiger partial charge is 0.307 e. The second-order valence-corrected chi connectivity index (χ2v) is 7.86. The van der Waals surface area contributed by atoms with Crippen molar-refractivity contribution in [2.24, 2.45) is 4.99 Å². The van der Waals surface area contributed by atoms with Gasteiger partial charge in [-0.3, -0.25) is 9.59 Å². The first-order valence-electron chi connectivity index (χ1n) is 9.59. The Labute approximate surface area is 180 Å². The van der Waals surface area contributed by atoms with Gasteiger partial charge in [0.25, 0.3) is 5.91 Å². The van der Waals surface area contributed by atoms with Gasteiger partial charge in [-0.15, -0.1) is 0 Å². The third kappa shape index (κ3) is 3.70. The third-order valence-electron chi connectivity index (χ3n) is 4.93. The van der Waals surface area contributed by atoms with Gasteiger partial charge in [0.2, 0.25) is 12.9 Å². The Morgan fingerprint density at radius 3 is 2.71 bits per heavy atom. The molecule has 160 valence electrons. The summed E-state index contributed by atoms with van der Waals surface area (Å²) < 4.78 is 29.7. The van der Waals surface area contributed by atoms with Crippen LogP contribution < -0.4 is 23.7 Å². The van der Waals surface area contributed by atoms with E-state index in [0.717, 1.165) is 10.2 Å². The lowest BCUT2D eigenvalue weighted by atomic mass is 10.2. The van der Waals surface area contributed by atoms with Crippen LogP contribution in [0.1, 0.15) is 6.42 Å². The molecule has 1 amide bonds. The number of thiazole rings is 1. The molecule has 0 bridgehead atoms. The molecule has 2 aliphatic rings. The molecule has 2 aromatic carbocycles. The molecule has 3 aromatic rings. The van der Waals surface area contributed by atoms with Crippen LogP contribution in [0.15, 0.2) is 41.4 Å². The first kappa shape index (κ1) is 19.4. The van der Waals surface area contributed by atoms with E-state index in [9.17, 15) is 9.59 Å². The number of hydrogen-bond donors (Lipinski definition) is 0. The predicted molar refractivity (Wildman–Crippen MR) is 109 cm³/mol. The highest BCUT2D eigenvalue weighted by Gasteiger charge is 2.27. The summed E-state index contributed by atoms with van der Waals surface area (Å²) in [5.41, 5.74) is 0.788. The van der Waals surface area contributed by atoms with Crippen LogP contribution in [0, 0.1) is 0 Å². The molecule has 0 fully saturated rings. The molecule has 2 aliphatic heterocycles. The van der Waals surface area contributed by atoms with E-state index in [2.05, 4.69) is 4.99 Å². The summed E-state index contributed by atoms with van der Waals surface area (Å²) in [5.74, 6) is 1.51. The Bertz CT molecular complexity index is 1250. The lowest BCUT2D eigenvalue weighted by molar-refractivity contribution is -0.140. The third-order valence-corrected chi connectivity index (χ3v) is 5.98. The fourth-order valence-corrected chi connectivity index (χ4v) is 4.45. The van der Waals surface area contributed by atoms with Crippen LogP contribution in [0.4, 0.5) is 0 Å². The molecule has 9 nitrogen and oxygen atoms in total. The number of esters is 1. The molecule has 1 unspecified atom stereocenters. The quantitative estimate of drug-likeness (QED) is 0.572. The Morgan fingerprint density at radius 2 is 1.90 bits per heavy atom. The molecule has 0 aliphatic carbocycles. The second-order valence-electron chi connectivity index (χ2n) is 6.85. The molecular formula is C21H18N2O7S. The van der Waals surface area contributed by atoms with Gasteiger partial charge in [-0.2, -0.15) is 4.99 Å². The number of rotatable bonds is 4. The van der Waals surface area contributed by atoms with Crippen molar-refractivity contribution >= 4 is 33.4 Å². The predicted octanol–water partition coefficient (Wildman–Crippen LogP) is 2.26. The molecule has 10 heteroatoms. The minimum Gasteiger partial charge on any atom is -0.485 e. The number of methoxy groups -OCH3 is 1. The number of nitrogens with zero attached hydrogens (tertiary/aromatic N) is 2. The molecule has 0 N–H and O–H groups in total. The number of para-hydroxylation sites is 2. The normalized spacial score (nSPS) is 17.1. The number of ether oxygens (including phenoxy) is 5. The zero-order valence-electron chi connectivity index (χ0n) is 16.5. The van der Waals surface area contributed by atoms with Crippen LogP contribution in [0.25, 0.3) is 10.2 Å². The highest BCUT2D eigenvalue weighted by Crippen LogP contribution is 2.37. The molecule has 5 rings (SSSR count). The Balaban J connectivity index is 1.51. The molecule has 1 atom stereocenters. The van der Waals surface area contributed by atoms with Crippen molar-refractivity contribution in [3.63, 3.8) is 0 Å². The number of fused-ring (bicyclic) bond motifs is 3. The average molecular weight is 442 g/mol. The van der Waals surface area contributed by atoms with E-state index in [1.54, 1.807) is 16.7 Å². The first-order valence-corrected chi connectivity index (χ1v) is 10.4. The first-order chi connectivity index (χ1) is 15.1. The van der Waals surface area contributed by atoms with Gasteiger partial charge in [0.15, 0.2) is 27.8 Å². The van der Waals surface area contributed by atoms with Crippen LogP contribution in [0.3, 0.4) is 0 Å². The van der Waals surface area contributed by atoms with Crippen LogP contribution in [-0.4, -0.2) is 43.1 Å². The Morgan fingerprint density at radius 1 is 1.13 bits per heavy atom. The molecular weight excluding hydrogens is 424 g/mol. The van der Waals surface area contributed by atoms with Crippen LogP contribution >= 0.6 is 11.3 Å². The lowest BCUT2D eigenvalue weighted by Crippen LogP contribution is -2.36. The van der Waals surface area contributed by atoms with Crippen molar-refractivity contribution in [3.05, 3.63) is 41.2 Å². The van der Waals surface area contributed by atoms with Crippen molar-refractivity contribution in [1.29, 1.82) is 0 Å². The summed E-state index contributed by atoms with van der Waals surface area (Å²) in [6, 6.07) is 10.8. The summed E-state index contributed by atoms with van der Waals surface area (Å²) in [6.07, 6.45) is -0.722. The summed E-state index contributed by atoms with van der Waals surface area (Å²) in [7, 11) is 1.34. The monoisotopic (exact) mass is 442 g/mol. The Kier molecular flexibility index (Phi) is 4.99. The second kappa shape index (κ2) is 7.95. The molecule has 0 radical (unpaired) electrons. The maximum absolute atomic E-state index is 12.9. The molecule has 0 saturated carbocycles. The SMILES string of the molecule is COC(=O)CCn1c(=NC(=O)C2COc3ccccc3O2)sc2cc3c(cc21)OCO3. The molecule has 1 aromatic heterocycles. The summed E-state index contributed by atoms with van der Waals surface area (Å²) >= 11 is 1.32. The van der Waals surface area contributed by atoms with Crippen LogP contribution in [0.5, 0.6) is 23.0 Å². The highest BCUT2D eigenvalue weighted by atomic mass is 32.1. The fourth-order valence-electron chi connectivity index (χ4n) is 3.37. The van der Waals surface area contributed by atoms with Crippen LogP contribution in [0.2, 0.25) is 0 Å². The number of carbonyl (C=O) groups is 2.